The normalized spacial score (nSPS) is 11.8. The van der Waals surface area contributed by atoms with Crippen LogP contribution in [-0.2, 0) is 9.53 Å². The van der Waals surface area contributed by atoms with Crippen LogP contribution in [0.1, 0.15) is 96.8 Å². The lowest BCUT2D eigenvalue weighted by molar-refractivity contribution is -0.144. The minimum atomic E-state index is -0.145. The molecule has 7 nitrogen and oxygen atoms in total. The molecule has 0 amide bonds. The Hall–Kier alpha value is -0.990. The van der Waals surface area contributed by atoms with E-state index in [1.165, 1.54) is 70.6 Å². The van der Waals surface area contributed by atoms with Crippen molar-refractivity contribution in [3.8, 4) is 0 Å². The second-order valence-corrected chi connectivity index (χ2v) is 9.41. The molecule has 0 atom stereocenters. The van der Waals surface area contributed by atoms with Crippen LogP contribution in [0.2, 0.25) is 0 Å². The number of hydrogen-bond acceptors (Lipinski definition) is 7. The summed E-state index contributed by atoms with van der Waals surface area (Å²) in [6, 6.07) is 0. The van der Waals surface area contributed by atoms with Gasteiger partial charge in [0, 0.05) is 45.7 Å². The van der Waals surface area contributed by atoms with Gasteiger partial charge in [-0.2, -0.15) is 0 Å². The minimum absolute atomic E-state index is 0.0445. The molecule has 0 aliphatic heterocycles. The van der Waals surface area contributed by atoms with Gasteiger partial charge in [-0.15, -0.1) is 0 Å². The van der Waals surface area contributed by atoms with Gasteiger partial charge in [0.2, 0.25) is 0 Å². The number of esters is 1. The third kappa shape index (κ3) is 24.5. The van der Waals surface area contributed by atoms with Gasteiger partial charge in [0.25, 0.3) is 0 Å². The maximum Gasteiger partial charge on any atom is 0.305 e. The molecule has 0 aliphatic rings. The second kappa shape index (κ2) is 27.6. The minimum Gasteiger partial charge on any atom is -0.464 e. The number of hydrogen-bond donors (Lipinski definition) is 3. The van der Waals surface area contributed by atoms with E-state index in [0.29, 0.717) is 52.3 Å². The Balaban J connectivity index is 3.66. The third-order valence-electron chi connectivity index (χ3n) is 6.29. The van der Waals surface area contributed by atoms with E-state index in [9.17, 15) is 9.90 Å². The third-order valence-corrected chi connectivity index (χ3v) is 6.29. The van der Waals surface area contributed by atoms with Crippen LogP contribution in [-0.4, -0.2) is 96.8 Å². The van der Waals surface area contributed by atoms with E-state index in [1.54, 1.807) is 0 Å². The molecule has 0 aliphatic carbocycles. The molecule has 0 radical (unpaired) electrons. The summed E-state index contributed by atoms with van der Waals surface area (Å²) in [6.07, 6.45) is 21.2. The molecule has 0 saturated heterocycles. The maximum absolute atomic E-state index is 12.0. The standard InChI is InChI=1S/C28H56N2O5/c1-2-3-4-5-6-7-8-9-10-11-12-13-14-15-16-17-28(34)35-27-23-30(22-26-33)19-18-29(20-24-31)21-25-32/h9-10,31-33H,2-8,11-27H2,1H3. The van der Waals surface area contributed by atoms with E-state index in [4.69, 9.17) is 14.9 Å². The summed E-state index contributed by atoms with van der Waals surface area (Å²) in [7, 11) is 0. The summed E-state index contributed by atoms with van der Waals surface area (Å²) < 4.78 is 5.37. The van der Waals surface area contributed by atoms with Crippen molar-refractivity contribution in [2.75, 3.05) is 65.7 Å². The number of allylic oxidation sites excluding steroid dienone is 2. The Morgan fingerprint density at radius 3 is 1.60 bits per heavy atom. The van der Waals surface area contributed by atoms with E-state index in [2.05, 4.69) is 19.1 Å². The summed E-state index contributed by atoms with van der Waals surface area (Å²) >= 11 is 0. The first-order valence-corrected chi connectivity index (χ1v) is 14.3. The highest BCUT2D eigenvalue weighted by Gasteiger charge is 2.10. The molecule has 0 saturated carbocycles. The number of aliphatic hydroxyl groups excluding tert-OH is 3. The Labute approximate surface area is 215 Å². The highest BCUT2D eigenvalue weighted by atomic mass is 16.5. The Morgan fingerprint density at radius 2 is 1.09 bits per heavy atom. The second-order valence-electron chi connectivity index (χ2n) is 9.41. The largest absolute Gasteiger partial charge is 0.464 e. The smallest absolute Gasteiger partial charge is 0.305 e. The number of unbranched alkanes of at least 4 members (excludes halogenated alkanes) is 11. The van der Waals surface area contributed by atoms with Crippen LogP contribution in [0.25, 0.3) is 0 Å². The summed E-state index contributed by atoms with van der Waals surface area (Å²) in [4.78, 5) is 16.0. The van der Waals surface area contributed by atoms with Crippen molar-refractivity contribution < 1.29 is 24.9 Å². The molecule has 0 bridgehead atoms. The molecule has 0 aromatic carbocycles. The Kier molecular flexibility index (Phi) is 26.8. The molecule has 0 fully saturated rings. The van der Waals surface area contributed by atoms with Crippen molar-refractivity contribution in [1.82, 2.24) is 9.80 Å². The molecule has 3 N–H and O–H groups in total. The van der Waals surface area contributed by atoms with E-state index >= 15 is 0 Å². The van der Waals surface area contributed by atoms with Crippen molar-refractivity contribution in [3.05, 3.63) is 12.2 Å². The van der Waals surface area contributed by atoms with Gasteiger partial charge in [0.1, 0.15) is 6.61 Å². The Bertz CT molecular complexity index is 470. The first-order valence-electron chi connectivity index (χ1n) is 14.3. The van der Waals surface area contributed by atoms with Crippen LogP contribution >= 0.6 is 0 Å². The predicted octanol–water partition coefficient (Wildman–Crippen LogP) is 4.15. The lowest BCUT2D eigenvalue weighted by atomic mass is 10.1. The molecular weight excluding hydrogens is 444 g/mol. The number of rotatable bonds is 27. The molecule has 7 heteroatoms. The van der Waals surface area contributed by atoms with Crippen molar-refractivity contribution in [3.63, 3.8) is 0 Å². The van der Waals surface area contributed by atoms with Crippen LogP contribution < -0.4 is 0 Å². The van der Waals surface area contributed by atoms with E-state index in [0.717, 1.165) is 12.8 Å². The summed E-state index contributed by atoms with van der Waals surface area (Å²) in [5.74, 6) is -0.145. The number of carbonyl (C=O) groups excluding carboxylic acids is 1. The molecule has 0 aromatic heterocycles. The fourth-order valence-electron chi connectivity index (χ4n) is 4.08. The summed E-state index contributed by atoms with van der Waals surface area (Å²) in [6.45, 7) is 6.21. The molecule has 0 rings (SSSR count). The van der Waals surface area contributed by atoms with Crippen molar-refractivity contribution in [2.45, 2.75) is 96.8 Å². The van der Waals surface area contributed by atoms with Gasteiger partial charge >= 0.3 is 5.97 Å². The van der Waals surface area contributed by atoms with Crippen molar-refractivity contribution in [1.29, 1.82) is 0 Å². The van der Waals surface area contributed by atoms with E-state index in [-0.39, 0.29) is 25.8 Å². The molecular formula is C28H56N2O5. The van der Waals surface area contributed by atoms with Gasteiger partial charge in [0.15, 0.2) is 0 Å². The molecule has 0 heterocycles. The quantitative estimate of drug-likeness (QED) is 0.0886. The zero-order valence-corrected chi connectivity index (χ0v) is 22.7. The summed E-state index contributed by atoms with van der Waals surface area (Å²) in [5, 5.41) is 27.5. The van der Waals surface area contributed by atoms with Crippen LogP contribution in [0.4, 0.5) is 0 Å². The van der Waals surface area contributed by atoms with Crippen LogP contribution in [0.3, 0.4) is 0 Å². The SMILES string of the molecule is CCCCCCCCC=CCCCCCCCC(=O)OCCN(CCO)CCN(CCO)CCO. The van der Waals surface area contributed by atoms with Gasteiger partial charge in [0.05, 0.1) is 19.8 Å². The monoisotopic (exact) mass is 500 g/mol. The first kappa shape index (κ1) is 34.0. The van der Waals surface area contributed by atoms with Crippen LogP contribution in [0.15, 0.2) is 12.2 Å². The molecule has 208 valence electrons. The topological polar surface area (TPSA) is 93.5 Å². The number of ether oxygens (including phenoxy) is 1. The predicted molar refractivity (Wildman–Crippen MR) is 145 cm³/mol. The van der Waals surface area contributed by atoms with Gasteiger partial charge in [-0.3, -0.25) is 14.6 Å². The highest BCUT2D eigenvalue weighted by Crippen LogP contribution is 2.10. The number of carbonyl (C=O) groups is 1. The molecule has 0 unspecified atom stereocenters. The summed E-state index contributed by atoms with van der Waals surface area (Å²) in [5.41, 5.74) is 0. The van der Waals surface area contributed by atoms with E-state index < -0.39 is 0 Å². The molecule has 0 spiro atoms. The van der Waals surface area contributed by atoms with Crippen molar-refractivity contribution in [2.24, 2.45) is 0 Å². The fourth-order valence-corrected chi connectivity index (χ4v) is 4.08. The highest BCUT2D eigenvalue weighted by molar-refractivity contribution is 5.69. The fraction of sp³-hybridized carbons (Fsp3) is 0.893. The zero-order chi connectivity index (χ0) is 25.8. The van der Waals surface area contributed by atoms with Crippen molar-refractivity contribution >= 4 is 5.97 Å². The maximum atomic E-state index is 12.0. The van der Waals surface area contributed by atoms with E-state index in [1.807, 2.05) is 9.80 Å². The van der Waals surface area contributed by atoms with Gasteiger partial charge in [-0.1, -0.05) is 70.4 Å². The van der Waals surface area contributed by atoms with Crippen LogP contribution in [0.5, 0.6) is 0 Å². The average Bonchev–Trinajstić information content (AvgIpc) is 2.85. The Morgan fingerprint density at radius 1 is 0.629 bits per heavy atom. The number of aliphatic hydroxyl groups is 3. The lowest BCUT2D eigenvalue weighted by Crippen LogP contribution is -2.40. The molecule has 0 aromatic rings. The molecule has 35 heavy (non-hydrogen) atoms. The van der Waals surface area contributed by atoms with Gasteiger partial charge in [-0.05, 0) is 32.1 Å². The number of nitrogens with zero attached hydrogens (tertiary/aromatic N) is 2. The van der Waals surface area contributed by atoms with Gasteiger partial charge < -0.3 is 20.1 Å². The van der Waals surface area contributed by atoms with Gasteiger partial charge in [-0.25, -0.2) is 0 Å². The average molecular weight is 501 g/mol. The first-order chi connectivity index (χ1) is 17.2. The van der Waals surface area contributed by atoms with Crippen LogP contribution in [0, 0.1) is 0 Å². The lowest BCUT2D eigenvalue weighted by Gasteiger charge is -2.26. The zero-order valence-electron chi connectivity index (χ0n) is 22.7.